The first-order valence-electron chi connectivity index (χ1n) is 7.82. The highest BCUT2D eigenvalue weighted by atomic mass is 16.5. The molecule has 22 heavy (non-hydrogen) atoms. The molecule has 0 saturated carbocycles. The van der Waals surface area contributed by atoms with Crippen LogP contribution in [0.25, 0.3) is 0 Å². The van der Waals surface area contributed by atoms with Crippen LogP contribution < -0.4 is 10.2 Å². The molecule has 0 aliphatic carbocycles. The highest BCUT2D eigenvalue weighted by Gasteiger charge is 2.30. The summed E-state index contributed by atoms with van der Waals surface area (Å²) >= 11 is 0. The number of anilines is 1. The van der Waals surface area contributed by atoms with Crippen LogP contribution in [0.3, 0.4) is 0 Å². The largest absolute Gasteiger partial charge is 0.467 e. The molecule has 2 rings (SSSR count). The highest BCUT2D eigenvalue weighted by Crippen LogP contribution is 2.26. The zero-order valence-electron chi connectivity index (χ0n) is 13.5. The van der Waals surface area contributed by atoms with Crippen molar-refractivity contribution in [3.8, 4) is 0 Å². The molecular weight excluding hydrogens is 280 g/mol. The van der Waals surface area contributed by atoms with E-state index >= 15 is 0 Å². The van der Waals surface area contributed by atoms with Gasteiger partial charge >= 0.3 is 12.0 Å². The number of hydrogen-bond acceptors (Lipinski definition) is 3. The Morgan fingerprint density at radius 2 is 2.09 bits per heavy atom. The molecular formula is C17H24N2O3. The Morgan fingerprint density at radius 3 is 2.77 bits per heavy atom. The molecule has 5 nitrogen and oxygen atoms in total. The van der Waals surface area contributed by atoms with E-state index in [0.717, 1.165) is 24.9 Å². The van der Waals surface area contributed by atoms with Crippen molar-refractivity contribution in [1.29, 1.82) is 0 Å². The van der Waals surface area contributed by atoms with Crippen LogP contribution in [-0.4, -0.2) is 31.7 Å². The minimum absolute atomic E-state index is 0.0245. The van der Waals surface area contributed by atoms with E-state index in [0.29, 0.717) is 6.54 Å². The summed E-state index contributed by atoms with van der Waals surface area (Å²) in [6.45, 7) is 4.59. The fraction of sp³-hybridized carbons (Fsp3) is 0.529. The zero-order valence-corrected chi connectivity index (χ0v) is 13.5. The summed E-state index contributed by atoms with van der Waals surface area (Å²) in [7, 11) is 1.35. The van der Waals surface area contributed by atoms with Crippen molar-refractivity contribution in [2.24, 2.45) is 5.92 Å². The number of esters is 1. The standard InChI is InChI=1S/C17H24N2O3/c1-4-12(2)15(16(20)22-3)18-17(21)19-11-7-9-13-8-5-6-10-14(13)19/h5-6,8,10,12,15H,4,7,9,11H2,1-3H3,(H,18,21)/t12?,15-/m0/s1. The molecule has 1 N–H and O–H groups in total. The smallest absolute Gasteiger partial charge is 0.328 e. The van der Waals surface area contributed by atoms with Crippen LogP contribution in [0.2, 0.25) is 0 Å². The minimum Gasteiger partial charge on any atom is -0.467 e. The van der Waals surface area contributed by atoms with Crippen LogP contribution in [0, 0.1) is 5.92 Å². The second-order valence-electron chi connectivity index (χ2n) is 5.72. The first-order valence-corrected chi connectivity index (χ1v) is 7.82. The molecule has 1 heterocycles. The van der Waals surface area contributed by atoms with Crippen molar-refractivity contribution in [3.05, 3.63) is 29.8 Å². The molecule has 1 aromatic carbocycles. The van der Waals surface area contributed by atoms with Crippen molar-refractivity contribution >= 4 is 17.7 Å². The van der Waals surface area contributed by atoms with E-state index in [-0.39, 0.29) is 11.9 Å². The topological polar surface area (TPSA) is 58.6 Å². The van der Waals surface area contributed by atoms with Crippen LogP contribution >= 0.6 is 0 Å². The number of carbonyl (C=O) groups excluding carboxylic acids is 2. The lowest BCUT2D eigenvalue weighted by atomic mass is 9.99. The van der Waals surface area contributed by atoms with E-state index < -0.39 is 12.0 Å². The van der Waals surface area contributed by atoms with Crippen molar-refractivity contribution in [2.75, 3.05) is 18.6 Å². The van der Waals surface area contributed by atoms with Crippen LogP contribution in [0.5, 0.6) is 0 Å². The van der Waals surface area contributed by atoms with Gasteiger partial charge < -0.3 is 10.1 Å². The van der Waals surface area contributed by atoms with Gasteiger partial charge in [0.25, 0.3) is 0 Å². The molecule has 1 aromatic rings. The number of benzene rings is 1. The van der Waals surface area contributed by atoms with E-state index in [9.17, 15) is 9.59 Å². The second-order valence-corrected chi connectivity index (χ2v) is 5.72. The molecule has 0 aromatic heterocycles. The number of urea groups is 1. The van der Waals surface area contributed by atoms with Gasteiger partial charge in [-0.1, -0.05) is 38.5 Å². The van der Waals surface area contributed by atoms with Crippen LogP contribution in [0.4, 0.5) is 10.5 Å². The summed E-state index contributed by atoms with van der Waals surface area (Å²) in [6.07, 6.45) is 2.69. The molecule has 1 aliphatic heterocycles. The van der Waals surface area contributed by atoms with Crippen molar-refractivity contribution in [3.63, 3.8) is 0 Å². The Bertz CT molecular complexity index is 544. The zero-order chi connectivity index (χ0) is 16.1. The third-order valence-corrected chi connectivity index (χ3v) is 4.30. The molecule has 1 unspecified atom stereocenters. The minimum atomic E-state index is -0.614. The van der Waals surface area contributed by atoms with Gasteiger partial charge in [-0.3, -0.25) is 4.90 Å². The third-order valence-electron chi connectivity index (χ3n) is 4.30. The maximum absolute atomic E-state index is 12.6. The summed E-state index contributed by atoms with van der Waals surface area (Å²) < 4.78 is 4.82. The maximum Gasteiger partial charge on any atom is 0.328 e. The maximum atomic E-state index is 12.6. The van der Waals surface area contributed by atoms with Crippen LogP contribution in [0.15, 0.2) is 24.3 Å². The lowest BCUT2D eigenvalue weighted by molar-refractivity contribution is -0.144. The second kappa shape index (κ2) is 7.29. The number of fused-ring (bicyclic) bond motifs is 1. The van der Waals surface area contributed by atoms with Gasteiger partial charge in [-0.2, -0.15) is 0 Å². The van der Waals surface area contributed by atoms with E-state index in [1.54, 1.807) is 4.90 Å². The first-order chi connectivity index (χ1) is 10.6. The fourth-order valence-electron chi connectivity index (χ4n) is 2.75. The van der Waals surface area contributed by atoms with Crippen LogP contribution in [-0.2, 0) is 16.0 Å². The predicted octanol–water partition coefficient (Wildman–Crippen LogP) is 2.74. The van der Waals surface area contributed by atoms with Gasteiger partial charge in [0.15, 0.2) is 0 Å². The Morgan fingerprint density at radius 1 is 1.36 bits per heavy atom. The molecule has 120 valence electrons. The third kappa shape index (κ3) is 3.40. The normalized spacial score (nSPS) is 16.4. The average Bonchev–Trinajstić information content (AvgIpc) is 2.57. The van der Waals surface area contributed by atoms with E-state index in [1.165, 1.54) is 12.7 Å². The number of para-hydroxylation sites is 1. The molecule has 2 atom stereocenters. The van der Waals surface area contributed by atoms with Gasteiger partial charge in [0.1, 0.15) is 6.04 Å². The Kier molecular flexibility index (Phi) is 5.41. The summed E-state index contributed by atoms with van der Waals surface area (Å²) in [4.78, 5) is 26.3. The molecule has 0 fully saturated rings. The van der Waals surface area contributed by atoms with E-state index in [4.69, 9.17) is 4.74 Å². The molecule has 0 saturated heterocycles. The molecule has 0 bridgehead atoms. The van der Waals surface area contributed by atoms with Crippen LogP contribution in [0.1, 0.15) is 32.3 Å². The van der Waals surface area contributed by atoms with Gasteiger partial charge in [-0.15, -0.1) is 0 Å². The quantitative estimate of drug-likeness (QED) is 0.870. The van der Waals surface area contributed by atoms with Crippen molar-refractivity contribution < 1.29 is 14.3 Å². The lowest BCUT2D eigenvalue weighted by Crippen LogP contribution is -2.52. The Balaban J connectivity index is 2.16. The number of methoxy groups -OCH3 is 1. The van der Waals surface area contributed by atoms with E-state index in [2.05, 4.69) is 5.32 Å². The molecule has 0 spiro atoms. The predicted molar refractivity (Wildman–Crippen MR) is 85.9 cm³/mol. The Labute approximate surface area is 131 Å². The highest BCUT2D eigenvalue weighted by molar-refractivity contribution is 5.95. The number of rotatable bonds is 4. The average molecular weight is 304 g/mol. The van der Waals surface area contributed by atoms with Crippen molar-refractivity contribution in [1.82, 2.24) is 5.32 Å². The summed E-state index contributed by atoms with van der Waals surface area (Å²) in [5, 5.41) is 2.84. The number of amides is 2. The number of nitrogens with zero attached hydrogens (tertiary/aromatic N) is 1. The monoisotopic (exact) mass is 304 g/mol. The van der Waals surface area contributed by atoms with Gasteiger partial charge in [0, 0.05) is 12.2 Å². The Hall–Kier alpha value is -2.04. The molecule has 2 amide bonds. The molecule has 5 heteroatoms. The summed E-state index contributed by atoms with van der Waals surface area (Å²) in [6, 6.07) is 7.05. The van der Waals surface area contributed by atoms with Gasteiger partial charge in [-0.05, 0) is 30.4 Å². The van der Waals surface area contributed by atoms with Crippen molar-refractivity contribution in [2.45, 2.75) is 39.2 Å². The fourth-order valence-corrected chi connectivity index (χ4v) is 2.75. The summed E-state index contributed by atoms with van der Waals surface area (Å²) in [5.74, 6) is -0.371. The summed E-state index contributed by atoms with van der Waals surface area (Å²) in [5.41, 5.74) is 2.10. The number of carbonyl (C=O) groups is 2. The van der Waals surface area contributed by atoms with Gasteiger partial charge in [0.2, 0.25) is 0 Å². The first kappa shape index (κ1) is 16.3. The lowest BCUT2D eigenvalue weighted by Gasteiger charge is -2.31. The molecule has 0 radical (unpaired) electrons. The van der Waals surface area contributed by atoms with Gasteiger partial charge in [0.05, 0.1) is 7.11 Å². The van der Waals surface area contributed by atoms with E-state index in [1.807, 2.05) is 38.1 Å². The molecule has 1 aliphatic rings. The van der Waals surface area contributed by atoms with Gasteiger partial charge in [-0.25, -0.2) is 9.59 Å². The SMILES string of the molecule is CCC(C)[C@H](NC(=O)N1CCCc2ccccc21)C(=O)OC. The number of nitrogens with one attached hydrogen (secondary N) is 1. The number of ether oxygens (including phenoxy) is 1. The number of hydrogen-bond donors (Lipinski definition) is 1. The number of aryl methyl sites for hydroxylation is 1.